The number of amides is 2. The summed E-state index contributed by atoms with van der Waals surface area (Å²) in [7, 11) is 0. The summed E-state index contributed by atoms with van der Waals surface area (Å²) in [6, 6.07) is 12.2. The molecule has 1 N–H and O–H groups in total. The summed E-state index contributed by atoms with van der Waals surface area (Å²) in [6.07, 6.45) is 0.199. The number of nitrogens with zero attached hydrogens (tertiary/aromatic N) is 2. The molecule has 4 rings (SSSR count). The van der Waals surface area contributed by atoms with Crippen molar-refractivity contribution in [2.24, 2.45) is 0 Å². The predicted octanol–water partition coefficient (Wildman–Crippen LogP) is 2.68. The lowest BCUT2D eigenvalue weighted by atomic mass is 10.1. The molecule has 8 heteroatoms. The number of rotatable bonds is 3. The van der Waals surface area contributed by atoms with Crippen LogP contribution in [-0.4, -0.2) is 44.0 Å². The number of carbonyl (C=O) groups excluding carboxylic acids is 2. The topological polar surface area (TPSA) is 45.1 Å². The van der Waals surface area contributed by atoms with E-state index in [0.29, 0.717) is 20.8 Å². The third-order valence-electron chi connectivity index (χ3n) is 5.37. The molecule has 2 heterocycles. The van der Waals surface area contributed by atoms with E-state index < -0.39 is 0 Å². The molecule has 1 atom stereocenters. The maximum Gasteiger partial charge on any atom is 0.292 e. The summed E-state index contributed by atoms with van der Waals surface area (Å²) < 4.78 is 0. The van der Waals surface area contributed by atoms with Crippen LogP contribution in [0.3, 0.4) is 0 Å². The van der Waals surface area contributed by atoms with Gasteiger partial charge >= 0.3 is 0 Å². The molecule has 0 aromatic heterocycles. The third-order valence-corrected chi connectivity index (χ3v) is 6.14. The van der Waals surface area contributed by atoms with Crippen LogP contribution >= 0.6 is 34.8 Å². The van der Waals surface area contributed by atoms with Gasteiger partial charge in [-0.25, -0.2) is 4.90 Å². The smallest absolute Gasteiger partial charge is 0.292 e. The van der Waals surface area contributed by atoms with Gasteiger partial charge in [0.2, 0.25) is 5.91 Å². The SMILES string of the molecule is O=C1C[C@H]([NH+]2CCN(c3cccc(Cl)c3)CC2)C(=O)N1c1ccc(Cl)cc1Cl. The lowest BCUT2D eigenvalue weighted by Crippen LogP contribution is -3.19. The standard InChI is InChI=1S/C20H18Cl3N3O2/c21-13-2-1-3-15(10-13)24-6-8-25(9-7-24)18-12-19(27)26(20(18)28)17-5-4-14(22)11-16(17)23/h1-5,10-11,18H,6-9,12H2/p+1/t18-/m0/s1. The van der Waals surface area contributed by atoms with Crippen LogP contribution in [0.1, 0.15) is 6.42 Å². The molecular formula is C20H19Cl3N3O2+. The molecule has 0 saturated carbocycles. The van der Waals surface area contributed by atoms with Crippen LogP contribution < -0.4 is 14.7 Å². The number of quaternary nitrogens is 1. The maximum atomic E-state index is 13.0. The minimum atomic E-state index is -0.374. The first-order valence-corrected chi connectivity index (χ1v) is 10.2. The van der Waals surface area contributed by atoms with Gasteiger partial charge in [0, 0.05) is 15.7 Å². The number of halogens is 3. The molecule has 2 fully saturated rings. The van der Waals surface area contributed by atoms with Gasteiger partial charge in [-0.1, -0.05) is 40.9 Å². The van der Waals surface area contributed by atoms with E-state index in [1.165, 1.54) is 4.90 Å². The highest BCUT2D eigenvalue weighted by Crippen LogP contribution is 2.32. The number of benzene rings is 2. The molecule has 0 aliphatic carbocycles. The summed E-state index contributed by atoms with van der Waals surface area (Å²) in [5.41, 5.74) is 1.48. The zero-order valence-electron chi connectivity index (χ0n) is 15.0. The number of anilines is 2. The first kappa shape index (κ1) is 19.5. The van der Waals surface area contributed by atoms with E-state index in [-0.39, 0.29) is 24.3 Å². The molecule has 5 nitrogen and oxygen atoms in total. The fourth-order valence-electron chi connectivity index (χ4n) is 3.94. The second kappa shape index (κ2) is 7.91. The Morgan fingerprint density at radius 2 is 1.64 bits per heavy atom. The summed E-state index contributed by atoms with van der Waals surface area (Å²) in [5.74, 6) is -0.413. The number of hydrogen-bond acceptors (Lipinski definition) is 3. The van der Waals surface area contributed by atoms with Gasteiger partial charge in [-0.3, -0.25) is 9.59 Å². The lowest BCUT2D eigenvalue weighted by molar-refractivity contribution is -0.915. The summed E-state index contributed by atoms with van der Waals surface area (Å²) in [4.78, 5) is 30.2. The zero-order valence-corrected chi connectivity index (χ0v) is 17.3. The Balaban J connectivity index is 1.46. The van der Waals surface area contributed by atoms with E-state index in [9.17, 15) is 9.59 Å². The molecule has 28 heavy (non-hydrogen) atoms. The van der Waals surface area contributed by atoms with Crippen molar-refractivity contribution >= 4 is 58.0 Å². The fraction of sp³-hybridized carbons (Fsp3) is 0.300. The average molecular weight is 440 g/mol. The number of imide groups is 1. The van der Waals surface area contributed by atoms with Gasteiger partial charge in [0.15, 0.2) is 6.04 Å². The molecule has 0 radical (unpaired) electrons. The van der Waals surface area contributed by atoms with Crippen molar-refractivity contribution in [2.45, 2.75) is 12.5 Å². The second-order valence-electron chi connectivity index (χ2n) is 7.04. The Bertz CT molecular complexity index is 929. The Morgan fingerprint density at radius 3 is 2.32 bits per heavy atom. The minimum Gasteiger partial charge on any atom is -0.360 e. The predicted molar refractivity (Wildman–Crippen MR) is 112 cm³/mol. The summed E-state index contributed by atoms with van der Waals surface area (Å²) in [5, 5.41) is 1.47. The Morgan fingerprint density at radius 1 is 0.929 bits per heavy atom. The highest BCUT2D eigenvalue weighted by molar-refractivity contribution is 6.38. The van der Waals surface area contributed by atoms with Crippen molar-refractivity contribution in [3.05, 3.63) is 57.5 Å². The molecule has 2 aliphatic heterocycles. The normalized spacial score (nSPS) is 20.9. The molecule has 2 aliphatic rings. The van der Waals surface area contributed by atoms with E-state index >= 15 is 0 Å². The minimum absolute atomic E-state index is 0.194. The van der Waals surface area contributed by atoms with Crippen molar-refractivity contribution in [2.75, 3.05) is 36.0 Å². The van der Waals surface area contributed by atoms with E-state index in [1.54, 1.807) is 18.2 Å². The van der Waals surface area contributed by atoms with Crippen molar-refractivity contribution in [3.63, 3.8) is 0 Å². The van der Waals surface area contributed by atoms with E-state index in [4.69, 9.17) is 34.8 Å². The van der Waals surface area contributed by atoms with Crippen molar-refractivity contribution < 1.29 is 14.5 Å². The molecular weight excluding hydrogens is 421 g/mol. The highest BCUT2D eigenvalue weighted by Gasteiger charge is 2.47. The molecule has 0 bridgehead atoms. The van der Waals surface area contributed by atoms with Crippen molar-refractivity contribution in [3.8, 4) is 0 Å². The molecule has 0 unspecified atom stereocenters. The quantitative estimate of drug-likeness (QED) is 0.748. The van der Waals surface area contributed by atoms with Gasteiger partial charge in [0.05, 0.1) is 43.3 Å². The monoisotopic (exact) mass is 438 g/mol. The molecule has 0 spiro atoms. The molecule has 2 aromatic rings. The first-order chi connectivity index (χ1) is 13.4. The van der Waals surface area contributed by atoms with Gasteiger partial charge < -0.3 is 9.80 Å². The van der Waals surface area contributed by atoms with Crippen LogP contribution in [0.4, 0.5) is 11.4 Å². The summed E-state index contributed by atoms with van der Waals surface area (Å²) >= 11 is 18.2. The Hall–Kier alpha value is -1.79. The largest absolute Gasteiger partial charge is 0.360 e. The lowest BCUT2D eigenvalue weighted by Gasteiger charge is -2.35. The first-order valence-electron chi connectivity index (χ1n) is 9.11. The van der Waals surface area contributed by atoms with Crippen molar-refractivity contribution in [1.82, 2.24) is 0 Å². The van der Waals surface area contributed by atoms with Gasteiger partial charge in [-0.05, 0) is 36.4 Å². The number of piperazine rings is 1. The van der Waals surface area contributed by atoms with Crippen LogP contribution in [-0.2, 0) is 9.59 Å². The van der Waals surface area contributed by atoms with Gasteiger partial charge in [0.1, 0.15) is 0 Å². The van der Waals surface area contributed by atoms with Crippen LogP contribution in [0.15, 0.2) is 42.5 Å². The van der Waals surface area contributed by atoms with Crippen LogP contribution in [0.2, 0.25) is 15.1 Å². The van der Waals surface area contributed by atoms with Gasteiger partial charge in [-0.15, -0.1) is 0 Å². The average Bonchev–Trinajstić information content (AvgIpc) is 2.96. The third kappa shape index (κ3) is 3.72. The van der Waals surface area contributed by atoms with E-state index in [1.807, 2.05) is 24.3 Å². The molecule has 2 aromatic carbocycles. The number of nitrogens with one attached hydrogen (secondary N) is 1. The molecule has 2 saturated heterocycles. The number of carbonyl (C=O) groups is 2. The van der Waals surface area contributed by atoms with Crippen LogP contribution in [0, 0.1) is 0 Å². The zero-order chi connectivity index (χ0) is 19.8. The Kier molecular flexibility index (Phi) is 5.52. The van der Waals surface area contributed by atoms with E-state index in [0.717, 1.165) is 36.8 Å². The maximum absolute atomic E-state index is 13.0. The van der Waals surface area contributed by atoms with E-state index in [2.05, 4.69) is 4.90 Å². The molecule has 2 amide bonds. The highest BCUT2D eigenvalue weighted by atomic mass is 35.5. The fourth-order valence-corrected chi connectivity index (χ4v) is 4.62. The Labute approximate surface area is 178 Å². The summed E-state index contributed by atoms with van der Waals surface area (Å²) in [6.45, 7) is 3.15. The number of hydrogen-bond donors (Lipinski definition) is 1. The second-order valence-corrected chi connectivity index (χ2v) is 8.33. The van der Waals surface area contributed by atoms with Gasteiger partial charge in [-0.2, -0.15) is 0 Å². The van der Waals surface area contributed by atoms with Crippen LogP contribution in [0.5, 0.6) is 0 Å². The molecule has 146 valence electrons. The van der Waals surface area contributed by atoms with Gasteiger partial charge in [0.25, 0.3) is 5.91 Å². The van der Waals surface area contributed by atoms with Crippen LogP contribution in [0.25, 0.3) is 0 Å². The van der Waals surface area contributed by atoms with Crippen molar-refractivity contribution in [1.29, 1.82) is 0 Å².